The molecule has 2 fully saturated rings. The van der Waals surface area contributed by atoms with Crippen LogP contribution >= 0.6 is 12.4 Å². The number of benzene rings is 1. The monoisotopic (exact) mass is 334 g/mol. The Labute approximate surface area is 142 Å². The number of rotatable bonds is 3. The van der Waals surface area contributed by atoms with Crippen LogP contribution in [-0.4, -0.2) is 23.2 Å². The average molecular weight is 335 g/mol. The van der Waals surface area contributed by atoms with Crippen molar-refractivity contribution in [1.82, 2.24) is 10.1 Å². The van der Waals surface area contributed by atoms with Gasteiger partial charge in [-0.3, -0.25) is 0 Å². The van der Waals surface area contributed by atoms with Gasteiger partial charge in [-0.1, -0.05) is 16.8 Å². The van der Waals surface area contributed by atoms with Gasteiger partial charge in [0.2, 0.25) is 0 Å². The summed E-state index contributed by atoms with van der Waals surface area (Å²) in [5.41, 5.74) is 9.36. The lowest BCUT2D eigenvalue weighted by atomic mass is 9.77. The number of aryl methyl sites for hydroxylation is 1. The molecule has 0 spiro atoms. The summed E-state index contributed by atoms with van der Waals surface area (Å²) < 4.78 is 5.56. The van der Waals surface area contributed by atoms with Crippen LogP contribution in [0, 0.1) is 6.92 Å². The zero-order valence-corrected chi connectivity index (χ0v) is 14.2. The Morgan fingerprint density at radius 1 is 1.17 bits per heavy atom. The first-order valence-corrected chi connectivity index (χ1v) is 8.15. The Hall–Kier alpha value is -1.59. The maximum absolute atomic E-state index is 6.31. The zero-order valence-electron chi connectivity index (χ0n) is 13.4. The van der Waals surface area contributed by atoms with Crippen LogP contribution in [-0.2, 0) is 5.54 Å². The molecule has 0 amide bonds. The predicted octanol–water partition coefficient (Wildman–Crippen LogP) is 3.40. The van der Waals surface area contributed by atoms with Gasteiger partial charge < -0.3 is 15.2 Å². The molecular weight excluding hydrogens is 312 g/mol. The summed E-state index contributed by atoms with van der Waals surface area (Å²) >= 11 is 0. The van der Waals surface area contributed by atoms with E-state index in [1.165, 1.54) is 24.1 Å². The van der Waals surface area contributed by atoms with Crippen molar-refractivity contribution in [1.29, 1.82) is 0 Å². The lowest BCUT2D eigenvalue weighted by Crippen LogP contribution is -2.44. The minimum atomic E-state index is -0.376. The van der Waals surface area contributed by atoms with Crippen LogP contribution in [0.25, 0.3) is 11.5 Å². The topological polar surface area (TPSA) is 68.2 Å². The Balaban J connectivity index is 0.00000156. The highest BCUT2D eigenvalue weighted by atomic mass is 35.5. The number of hydrogen-bond donors (Lipinski definition) is 1. The van der Waals surface area contributed by atoms with Crippen molar-refractivity contribution in [2.75, 3.05) is 18.0 Å². The van der Waals surface area contributed by atoms with Gasteiger partial charge in [0, 0.05) is 18.8 Å². The number of nitrogens with two attached hydrogens (primary N) is 1. The molecule has 0 radical (unpaired) electrons. The molecule has 0 unspecified atom stereocenters. The summed E-state index contributed by atoms with van der Waals surface area (Å²) in [4.78, 5) is 7.02. The summed E-state index contributed by atoms with van der Waals surface area (Å²) in [6, 6.07) is 6.45. The van der Waals surface area contributed by atoms with Crippen LogP contribution in [0.3, 0.4) is 0 Å². The van der Waals surface area contributed by atoms with E-state index in [0.717, 1.165) is 37.9 Å². The van der Waals surface area contributed by atoms with Crippen molar-refractivity contribution in [3.8, 4) is 11.5 Å². The van der Waals surface area contributed by atoms with E-state index in [1.807, 2.05) is 0 Å². The van der Waals surface area contributed by atoms with E-state index < -0.39 is 0 Å². The van der Waals surface area contributed by atoms with Gasteiger partial charge in [0.25, 0.3) is 5.89 Å². The van der Waals surface area contributed by atoms with E-state index in [2.05, 4.69) is 40.2 Å². The molecule has 1 saturated heterocycles. The second kappa shape index (κ2) is 6.13. The third kappa shape index (κ3) is 2.83. The highest BCUT2D eigenvalue weighted by Crippen LogP contribution is 2.39. The van der Waals surface area contributed by atoms with Gasteiger partial charge in [-0.15, -0.1) is 12.4 Å². The number of anilines is 1. The standard InChI is InChI=1S/C17H22N4O.ClH/c1-12-5-6-14(21-9-2-3-10-21)13(11-12)15-19-16(20-22-15)17(18)7-4-8-17;/h5-6,11H,2-4,7-10,18H2,1H3;1H. The second-order valence-electron chi connectivity index (χ2n) is 6.65. The van der Waals surface area contributed by atoms with Gasteiger partial charge in [0.1, 0.15) is 0 Å². The Morgan fingerprint density at radius 2 is 1.91 bits per heavy atom. The minimum absolute atomic E-state index is 0. The van der Waals surface area contributed by atoms with Crippen LogP contribution in [0.1, 0.15) is 43.5 Å². The van der Waals surface area contributed by atoms with Crippen LogP contribution in [0.2, 0.25) is 0 Å². The normalized spacial score (nSPS) is 19.3. The van der Waals surface area contributed by atoms with Crippen molar-refractivity contribution in [3.63, 3.8) is 0 Å². The molecule has 2 aromatic rings. The fourth-order valence-electron chi connectivity index (χ4n) is 3.37. The summed E-state index contributed by atoms with van der Waals surface area (Å²) in [6.07, 6.45) is 5.52. The highest BCUT2D eigenvalue weighted by molar-refractivity contribution is 5.85. The van der Waals surface area contributed by atoms with Gasteiger partial charge in [-0.2, -0.15) is 4.98 Å². The molecule has 0 atom stereocenters. The summed E-state index contributed by atoms with van der Waals surface area (Å²) in [5.74, 6) is 1.25. The van der Waals surface area contributed by atoms with Crippen LogP contribution in [0.4, 0.5) is 5.69 Å². The molecule has 1 aromatic carbocycles. The molecule has 2 aliphatic rings. The molecule has 1 aliphatic carbocycles. The van der Waals surface area contributed by atoms with Crippen molar-refractivity contribution in [2.24, 2.45) is 5.73 Å². The number of hydrogen-bond acceptors (Lipinski definition) is 5. The summed E-state index contributed by atoms with van der Waals surface area (Å²) in [7, 11) is 0. The molecule has 23 heavy (non-hydrogen) atoms. The molecule has 6 heteroatoms. The van der Waals surface area contributed by atoms with Crippen LogP contribution in [0.15, 0.2) is 22.7 Å². The molecule has 2 N–H and O–H groups in total. The van der Waals surface area contributed by atoms with E-state index in [9.17, 15) is 0 Å². The minimum Gasteiger partial charge on any atom is -0.371 e. The van der Waals surface area contributed by atoms with E-state index in [1.54, 1.807) is 0 Å². The lowest BCUT2D eigenvalue weighted by Gasteiger charge is -2.34. The molecule has 5 nitrogen and oxygen atoms in total. The van der Waals surface area contributed by atoms with E-state index >= 15 is 0 Å². The maximum Gasteiger partial charge on any atom is 0.260 e. The summed E-state index contributed by atoms with van der Waals surface area (Å²) in [6.45, 7) is 4.28. The predicted molar refractivity (Wildman–Crippen MR) is 92.9 cm³/mol. The van der Waals surface area contributed by atoms with Crippen molar-refractivity contribution in [2.45, 2.75) is 44.6 Å². The highest BCUT2D eigenvalue weighted by Gasteiger charge is 2.39. The van der Waals surface area contributed by atoms with Gasteiger partial charge in [0.05, 0.1) is 11.1 Å². The Bertz CT molecular complexity index is 690. The van der Waals surface area contributed by atoms with Gasteiger partial charge in [0.15, 0.2) is 5.82 Å². The first-order valence-electron chi connectivity index (χ1n) is 8.15. The summed E-state index contributed by atoms with van der Waals surface area (Å²) in [5, 5.41) is 4.15. The average Bonchev–Trinajstić information content (AvgIpc) is 3.16. The van der Waals surface area contributed by atoms with E-state index in [0.29, 0.717) is 11.7 Å². The van der Waals surface area contributed by atoms with Crippen molar-refractivity contribution < 1.29 is 4.52 Å². The van der Waals surface area contributed by atoms with Crippen LogP contribution < -0.4 is 10.6 Å². The smallest absolute Gasteiger partial charge is 0.260 e. The molecular formula is C17H23ClN4O. The fourth-order valence-corrected chi connectivity index (χ4v) is 3.37. The van der Waals surface area contributed by atoms with E-state index in [4.69, 9.17) is 10.3 Å². The third-order valence-electron chi connectivity index (χ3n) is 4.95. The molecule has 1 saturated carbocycles. The van der Waals surface area contributed by atoms with Crippen LogP contribution in [0.5, 0.6) is 0 Å². The van der Waals surface area contributed by atoms with Crippen molar-refractivity contribution in [3.05, 3.63) is 29.6 Å². The molecule has 4 rings (SSSR count). The Kier molecular flexibility index (Phi) is 4.34. The quantitative estimate of drug-likeness (QED) is 0.931. The second-order valence-corrected chi connectivity index (χ2v) is 6.65. The SMILES string of the molecule is Cc1ccc(N2CCCC2)c(-c2nc(C3(N)CCC3)no2)c1.Cl. The zero-order chi connectivity index (χ0) is 15.2. The molecule has 2 heterocycles. The largest absolute Gasteiger partial charge is 0.371 e. The number of aromatic nitrogens is 2. The first-order chi connectivity index (χ1) is 10.7. The van der Waals surface area contributed by atoms with Crippen molar-refractivity contribution >= 4 is 18.1 Å². The molecule has 1 aliphatic heterocycles. The number of nitrogens with zero attached hydrogens (tertiary/aromatic N) is 3. The van der Waals surface area contributed by atoms with E-state index in [-0.39, 0.29) is 17.9 Å². The van der Waals surface area contributed by atoms with Gasteiger partial charge in [-0.25, -0.2) is 0 Å². The maximum atomic E-state index is 6.31. The molecule has 1 aromatic heterocycles. The molecule has 124 valence electrons. The van der Waals surface area contributed by atoms with Gasteiger partial charge in [-0.05, 0) is 51.2 Å². The third-order valence-corrected chi connectivity index (χ3v) is 4.95. The van der Waals surface area contributed by atoms with Gasteiger partial charge >= 0.3 is 0 Å². The Morgan fingerprint density at radius 3 is 2.57 bits per heavy atom. The number of halogens is 1. The first kappa shape index (κ1) is 16.3. The molecule has 0 bridgehead atoms. The fraction of sp³-hybridized carbons (Fsp3) is 0.529. The lowest BCUT2D eigenvalue weighted by molar-refractivity contribution is 0.229.